The number of nitrogen functional groups attached to an aromatic ring is 1. The van der Waals surface area contributed by atoms with Crippen molar-refractivity contribution in [3.05, 3.63) is 53.5 Å². The third-order valence-electron chi connectivity index (χ3n) is 2.77. The second-order valence-corrected chi connectivity index (χ2v) is 4.16. The fourth-order valence-corrected chi connectivity index (χ4v) is 1.77. The summed E-state index contributed by atoms with van der Waals surface area (Å²) in [4.78, 5) is 4.06. The van der Waals surface area contributed by atoms with Crippen LogP contribution in [0.3, 0.4) is 0 Å². The Morgan fingerprint density at radius 1 is 1.42 bits per heavy atom. The van der Waals surface area contributed by atoms with Gasteiger partial charge in [0.1, 0.15) is 17.7 Å². The van der Waals surface area contributed by atoms with Crippen molar-refractivity contribution in [2.45, 2.75) is 13.0 Å². The number of nitriles is 1. The summed E-state index contributed by atoms with van der Waals surface area (Å²) in [5, 5.41) is 11.8. The van der Waals surface area contributed by atoms with Crippen LogP contribution in [0.25, 0.3) is 0 Å². The number of nitrogens with two attached hydrogens (primary N) is 1. The van der Waals surface area contributed by atoms with E-state index in [-0.39, 0.29) is 11.9 Å². The molecule has 2 aromatic rings. The predicted molar refractivity (Wildman–Crippen MR) is 71.8 cm³/mol. The van der Waals surface area contributed by atoms with Gasteiger partial charge in [-0.25, -0.2) is 9.37 Å². The van der Waals surface area contributed by atoms with E-state index in [1.165, 1.54) is 18.3 Å². The molecule has 0 saturated heterocycles. The molecule has 1 heterocycles. The van der Waals surface area contributed by atoms with Gasteiger partial charge in [-0.1, -0.05) is 18.2 Å². The first-order valence-corrected chi connectivity index (χ1v) is 5.78. The SMILES string of the molecule is CC(Nc1ncc(C#N)cc1N)c1ccccc1F. The first kappa shape index (κ1) is 12.8. The second kappa shape index (κ2) is 5.36. The summed E-state index contributed by atoms with van der Waals surface area (Å²) in [5.41, 5.74) is 7.08. The lowest BCUT2D eigenvalue weighted by molar-refractivity contribution is 0.600. The van der Waals surface area contributed by atoms with Gasteiger partial charge in [-0.05, 0) is 19.1 Å². The topological polar surface area (TPSA) is 74.7 Å². The second-order valence-electron chi connectivity index (χ2n) is 4.16. The lowest BCUT2D eigenvalue weighted by Gasteiger charge is -2.16. The third kappa shape index (κ3) is 2.80. The van der Waals surface area contributed by atoms with Gasteiger partial charge in [0.15, 0.2) is 0 Å². The molecule has 0 aliphatic rings. The lowest BCUT2D eigenvalue weighted by atomic mass is 10.1. The molecule has 0 saturated carbocycles. The van der Waals surface area contributed by atoms with E-state index < -0.39 is 0 Å². The maximum absolute atomic E-state index is 13.6. The van der Waals surface area contributed by atoms with E-state index in [0.717, 1.165) is 0 Å². The maximum atomic E-state index is 13.6. The molecule has 2 rings (SSSR count). The van der Waals surface area contributed by atoms with Crippen LogP contribution in [0.4, 0.5) is 15.9 Å². The van der Waals surface area contributed by atoms with E-state index in [1.54, 1.807) is 18.2 Å². The molecule has 0 radical (unpaired) electrons. The number of benzene rings is 1. The smallest absolute Gasteiger partial charge is 0.149 e. The van der Waals surface area contributed by atoms with Crippen LogP contribution >= 0.6 is 0 Å². The van der Waals surface area contributed by atoms with Gasteiger partial charge in [0, 0.05) is 11.8 Å². The summed E-state index contributed by atoms with van der Waals surface area (Å²) in [7, 11) is 0. The highest BCUT2D eigenvalue weighted by atomic mass is 19.1. The monoisotopic (exact) mass is 256 g/mol. The highest BCUT2D eigenvalue weighted by Gasteiger charge is 2.12. The fraction of sp³-hybridized carbons (Fsp3) is 0.143. The zero-order chi connectivity index (χ0) is 13.8. The summed E-state index contributed by atoms with van der Waals surface area (Å²) in [6.45, 7) is 1.82. The Bertz CT molecular complexity index is 634. The van der Waals surface area contributed by atoms with Crippen molar-refractivity contribution in [3.63, 3.8) is 0 Å². The summed E-state index contributed by atoms with van der Waals surface area (Å²) in [6, 6.07) is 9.73. The highest BCUT2D eigenvalue weighted by Crippen LogP contribution is 2.24. The summed E-state index contributed by atoms with van der Waals surface area (Å²) in [5.74, 6) is 0.157. The zero-order valence-electron chi connectivity index (χ0n) is 10.4. The number of aromatic nitrogens is 1. The number of halogens is 1. The molecule has 0 aliphatic heterocycles. The van der Waals surface area contributed by atoms with Crippen molar-refractivity contribution in [2.24, 2.45) is 0 Å². The van der Waals surface area contributed by atoms with Crippen molar-refractivity contribution in [3.8, 4) is 6.07 Å². The van der Waals surface area contributed by atoms with Gasteiger partial charge in [-0.3, -0.25) is 0 Å². The molecule has 3 N–H and O–H groups in total. The minimum absolute atomic E-state index is 0.274. The molecular weight excluding hydrogens is 243 g/mol. The highest BCUT2D eigenvalue weighted by molar-refractivity contribution is 5.63. The quantitative estimate of drug-likeness (QED) is 0.885. The summed E-state index contributed by atoms with van der Waals surface area (Å²) in [6.07, 6.45) is 1.42. The fourth-order valence-electron chi connectivity index (χ4n) is 1.77. The molecule has 0 spiro atoms. The first-order valence-electron chi connectivity index (χ1n) is 5.78. The molecule has 1 aromatic carbocycles. The number of nitrogens with one attached hydrogen (secondary N) is 1. The van der Waals surface area contributed by atoms with Crippen molar-refractivity contribution < 1.29 is 4.39 Å². The van der Waals surface area contributed by atoms with Gasteiger partial charge in [0.05, 0.1) is 17.3 Å². The zero-order valence-corrected chi connectivity index (χ0v) is 10.4. The van der Waals surface area contributed by atoms with Crippen LogP contribution in [-0.4, -0.2) is 4.98 Å². The van der Waals surface area contributed by atoms with E-state index >= 15 is 0 Å². The average molecular weight is 256 g/mol. The van der Waals surface area contributed by atoms with Gasteiger partial charge in [-0.2, -0.15) is 5.26 Å². The van der Waals surface area contributed by atoms with E-state index in [2.05, 4.69) is 10.3 Å². The standard InChI is InChI=1S/C14H13FN4/c1-9(11-4-2-3-5-12(11)15)19-14-13(17)6-10(7-16)8-18-14/h2-6,8-9H,17H2,1H3,(H,18,19). The van der Waals surface area contributed by atoms with Crippen LogP contribution in [-0.2, 0) is 0 Å². The molecule has 0 aliphatic carbocycles. The number of pyridine rings is 1. The van der Waals surface area contributed by atoms with E-state index in [9.17, 15) is 4.39 Å². The molecule has 19 heavy (non-hydrogen) atoms. The molecule has 0 amide bonds. The van der Waals surface area contributed by atoms with Gasteiger partial charge in [-0.15, -0.1) is 0 Å². The van der Waals surface area contributed by atoms with Crippen molar-refractivity contribution >= 4 is 11.5 Å². The minimum Gasteiger partial charge on any atom is -0.396 e. The van der Waals surface area contributed by atoms with Crippen molar-refractivity contribution in [1.29, 1.82) is 5.26 Å². The van der Waals surface area contributed by atoms with Gasteiger partial charge < -0.3 is 11.1 Å². The van der Waals surface area contributed by atoms with Crippen molar-refractivity contribution in [2.75, 3.05) is 11.1 Å². The Labute approximate surface area is 110 Å². The molecule has 1 aromatic heterocycles. The molecule has 0 bridgehead atoms. The predicted octanol–water partition coefficient (Wildman–Crippen LogP) is 2.85. The molecule has 1 unspecified atom stereocenters. The van der Waals surface area contributed by atoms with Crippen LogP contribution in [0.5, 0.6) is 0 Å². The summed E-state index contributed by atoms with van der Waals surface area (Å²) >= 11 is 0. The van der Waals surface area contributed by atoms with Crippen LogP contribution < -0.4 is 11.1 Å². The number of hydrogen-bond acceptors (Lipinski definition) is 4. The van der Waals surface area contributed by atoms with Crippen LogP contribution in [0.15, 0.2) is 36.5 Å². The Morgan fingerprint density at radius 3 is 2.79 bits per heavy atom. The number of anilines is 2. The lowest BCUT2D eigenvalue weighted by Crippen LogP contribution is -2.11. The van der Waals surface area contributed by atoms with E-state index in [0.29, 0.717) is 22.6 Å². The van der Waals surface area contributed by atoms with Gasteiger partial charge in [0.25, 0.3) is 0 Å². The largest absolute Gasteiger partial charge is 0.396 e. The third-order valence-corrected chi connectivity index (χ3v) is 2.77. The average Bonchev–Trinajstić information content (AvgIpc) is 2.41. The Morgan fingerprint density at radius 2 is 2.16 bits per heavy atom. The van der Waals surface area contributed by atoms with Crippen LogP contribution in [0, 0.1) is 17.1 Å². The number of nitrogens with zero attached hydrogens (tertiary/aromatic N) is 2. The first-order chi connectivity index (χ1) is 9.11. The minimum atomic E-state index is -0.283. The van der Waals surface area contributed by atoms with Crippen LogP contribution in [0.2, 0.25) is 0 Å². The summed E-state index contributed by atoms with van der Waals surface area (Å²) < 4.78 is 13.6. The molecule has 96 valence electrons. The molecule has 5 heteroatoms. The number of hydrogen-bond donors (Lipinski definition) is 2. The van der Waals surface area contributed by atoms with Crippen LogP contribution in [0.1, 0.15) is 24.1 Å². The molecule has 1 atom stereocenters. The molecule has 4 nitrogen and oxygen atoms in total. The maximum Gasteiger partial charge on any atom is 0.149 e. The molecule has 0 fully saturated rings. The van der Waals surface area contributed by atoms with E-state index in [4.69, 9.17) is 11.0 Å². The van der Waals surface area contributed by atoms with E-state index in [1.807, 2.05) is 13.0 Å². The van der Waals surface area contributed by atoms with Crippen molar-refractivity contribution in [1.82, 2.24) is 4.98 Å². The Balaban J connectivity index is 2.22. The van der Waals surface area contributed by atoms with Gasteiger partial charge in [0.2, 0.25) is 0 Å². The molecular formula is C14H13FN4. The number of rotatable bonds is 3. The Kier molecular flexibility index (Phi) is 3.62. The Hall–Kier alpha value is -2.61. The van der Waals surface area contributed by atoms with Gasteiger partial charge >= 0.3 is 0 Å². The normalized spacial score (nSPS) is 11.6.